The lowest BCUT2D eigenvalue weighted by atomic mass is 9.98. The van der Waals surface area contributed by atoms with Gasteiger partial charge in [0.1, 0.15) is 0 Å². The number of piperazine rings is 1. The van der Waals surface area contributed by atoms with Crippen molar-refractivity contribution in [2.24, 2.45) is 0 Å². The Morgan fingerprint density at radius 2 is 2.24 bits per heavy atom. The van der Waals surface area contributed by atoms with Crippen LogP contribution in [0.5, 0.6) is 0 Å². The van der Waals surface area contributed by atoms with Crippen molar-refractivity contribution in [3.05, 3.63) is 12.2 Å². The van der Waals surface area contributed by atoms with Gasteiger partial charge in [0.2, 0.25) is 5.91 Å². The molecule has 96 valence electrons. The summed E-state index contributed by atoms with van der Waals surface area (Å²) in [5.41, 5.74) is -0.233. The standard InChI is InChI=1S/C12H20N2O3/c1-5-17-10(15)9(2)8-14-7-6-13-11(16)12(14,3)4/h2,5-8H2,1,3-4H3,(H,13,16). The number of ether oxygens (including phenoxy) is 1. The second-order valence-corrected chi connectivity index (χ2v) is 4.56. The fraction of sp³-hybridized carbons (Fsp3) is 0.667. The Kier molecular flexibility index (Phi) is 4.28. The SMILES string of the molecule is C=C(CN1CCNC(=O)C1(C)C)C(=O)OCC. The van der Waals surface area contributed by atoms with Crippen LogP contribution in [0.2, 0.25) is 0 Å². The zero-order valence-corrected chi connectivity index (χ0v) is 10.7. The van der Waals surface area contributed by atoms with Crippen molar-refractivity contribution < 1.29 is 14.3 Å². The molecule has 1 saturated heterocycles. The molecule has 5 heteroatoms. The van der Waals surface area contributed by atoms with Gasteiger partial charge in [0, 0.05) is 25.2 Å². The molecule has 1 aliphatic rings. The summed E-state index contributed by atoms with van der Waals surface area (Å²) in [5.74, 6) is -0.422. The number of hydrogen-bond donors (Lipinski definition) is 1. The number of hydrogen-bond acceptors (Lipinski definition) is 4. The van der Waals surface area contributed by atoms with Gasteiger partial charge < -0.3 is 10.1 Å². The maximum atomic E-state index is 11.7. The van der Waals surface area contributed by atoms with Crippen molar-refractivity contribution in [2.75, 3.05) is 26.2 Å². The summed E-state index contributed by atoms with van der Waals surface area (Å²) in [5, 5.41) is 2.80. The molecule has 1 heterocycles. The molecule has 0 radical (unpaired) electrons. The van der Waals surface area contributed by atoms with Gasteiger partial charge in [0.15, 0.2) is 0 Å². The summed E-state index contributed by atoms with van der Waals surface area (Å²) >= 11 is 0. The number of amides is 1. The highest BCUT2D eigenvalue weighted by Gasteiger charge is 2.38. The van der Waals surface area contributed by atoms with Crippen LogP contribution < -0.4 is 5.32 Å². The lowest BCUT2D eigenvalue weighted by Gasteiger charge is -2.41. The molecule has 1 aliphatic heterocycles. The topological polar surface area (TPSA) is 58.6 Å². The van der Waals surface area contributed by atoms with Gasteiger partial charge in [-0.1, -0.05) is 6.58 Å². The molecule has 0 aromatic heterocycles. The molecule has 1 amide bonds. The van der Waals surface area contributed by atoms with Gasteiger partial charge in [0.05, 0.1) is 12.1 Å². The molecule has 17 heavy (non-hydrogen) atoms. The summed E-state index contributed by atoms with van der Waals surface area (Å²) in [4.78, 5) is 25.1. The number of carbonyl (C=O) groups is 2. The van der Waals surface area contributed by atoms with Crippen LogP contribution in [0.4, 0.5) is 0 Å². The van der Waals surface area contributed by atoms with E-state index in [1.54, 1.807) is 6.92 Å². The van der Waals surface area contributed by atoms with E-state index in [0.29, 0.717) is 31.8 Å². The Balaban J connectivity index is 2.64. The summed E-state index contributed by atoms with van der Waals surface area (Å²) in [6, 6.07) is 0. The van der Waals surface area contributed by atoms with Crippen LogP contribution in [-0.4, -0.2) is 48.6 Å². The van der Waals surface area contributed by atoms with E-state index in [0.717, 1.165) is 0 Å². The van der Waals surface area contributed by atoms with Gasteiger partial charge in [-0.2, -0.15) is 0 Å². The lowest BCUT2D eigenvalue weighted by Crippen LogP contribution is -2.62. The third-order valence-electron chi connectivity index (χ3n) is 2.96. The molecular weight excluding hydrogens is 220 g/mol. The van der Waals surface area contributed by atoms with Crippen LogP contribution in [0.1, 0.15) is 20.8 Å². The Morgan fingerprint density at radius 3 is 2.82 bits per heavy atom. The average molecular weight is 240 g/mol. The predicted molar refractivity (Wildman–Crippen MR) is 64.4 cm³/mol. The van der Waals surface area contributed by atoms with Crippen molar-refractivity contribution in [1.82, 2.24) is 10.2 Å². The predicted octanol–water partition coefficient (Wildman–Crippen LogP) is 0.316. The van der Waals surface area contributed by atoms with Crippen molar-refractivity contribution in [2.45, 2.75) is 26.3 Å². The zero-order valence-electron chi connectivity index (χ0n) is 10.7. The molecule has 0 saturated carbocycles. The highest BCUT2D eigenvalue weighted by atomic mass is 16.5. The van der Waals surface area contributed by atoms with E-state index in [4.69, 9.17) is 4.74 Å². The van der Waals surface area contributed by atoms with Gasteiger partial charge in [-0.25, -0.2) is 4.79 Å². The minimum absolute atomic E-state index is 0.0274. The van der Waals surface area contributed by atoms with Crippen LogP contribution in [0.25, 0.3) is 0 Å². The Labute approximate surface area is 102 Å². The normalized spacial score (nSPS) is 19.6. The van der Waals surface area contributed by atoms with Crippen molar-refractivity contribution in [1.29, 1.82) is 0 Å². The first-order valence-corrected chi connectivity index (χ1v) is 5.77. The first-order valence-electron chi connectivity index (χ1n) is 5.77. The molecule has 1 fully saturated rings. The minimum atomic E-state index is -0.617. The average Bonchev–Trinajstić information content (AvgIpc) is 2.25. The maximum absolute atomic E-state index is 11.7. The summed E-state index contributed by atoms with van der Waals surface area (Å²) < 4.78 is 4.87. The van der Waals surface area contributed by atoms with Gasteiger partial charge in [-0.3, -0.25) is 9.69 Å². The molecule has 0 atom stereocenters. The van der Waals surface area contributed by atoms with Crippen LogP contribution in [0.15, 0.2) is 12.2 Å². The largest absolute Gasteiger partial charge is 0.463 e. The molecule has 1 N–H and O–H groups in total. The maximum Gasteiger partial charge on any atom is 0.334 e. The van der Waals surface area contributed by atoms with Crippen LogP contribution in [0.3, 0.4) is 0 Å². The van der Waals surface area contributed by atoms with Gasteiger partial charge >= 0.3 is 5.97 Å². The van der Waals surface area contributed by atoms with Crippen molar-refractivity contribution >= 4 is 11.9 Å². The molecule has 0 aromatic rings. The smallest absolute Gasteiger partial charge is 0.334 e. The first kappa shape index (κ1) is 13.7. The van der Waals surface area contributed by atoms with Crippen molar-refractivity contribution in [3.8, 4) is 0 Å². The quantitative estimate of drug-likeness (QED) is 0.568. The Bertz CT molecular complexity index is 337. The molecule has 0 bridgehead atoms. The summed E-state index contributed by atoms with van der Waals surface area (Å²) in [6.45, 7) is 11.1. The van der Waals surface area contributed by atoms with Crippen molar-refractivity contribution in [3.63, 3.8) is 0 Å². The molecule has 0 aliphatic carbocycles. The van der Waals surface area contributed by atoms with Crippen LogP contribution >= 0.6 is 0 Å². The Morgan fingerprint density at radius 1 is 1.59 bits per heavy atom. The third-order valence-corrected chi connectivity index (χ3v) is 2.96. The fourth-order valence-electron chi connectivity index (χ4n) is 1.75. The van der Waals surface area contributed by atoms with E-state index in [1.807, 2.05) is 18.7 Å². The highest BCUT2D eigenvalue weighted by Crippen LogP contribution is 2.18. The zero-order chi connectivity index (χ0) is 13.1. The number of nitrogens with zero attached hydrogens (tertiary/aromatic N) is 1. The molecular formula is C12H20N2O3. The second-order valence-electron chi connectivity index (χ2n) is 4.56. The second kappa shape index (κ2) is 5.31. The molecule has 5 nitrogen and oxygen atoms in total. The minimum Gasteiger partial charge on any atom is -0.463 e. The molecule has 0 spiro atoms. The van der Waals surface area contributed by atoms with E-state index >= 15 is 0 Å². The molecule has 0 unspecified atom stereocenters. The van der Waals surface area contributed by atoms with Crippen LogP contribution in [-0.2, 0) is 14.3 Å². The van der Waals surface area contributed by atoms with Gasteiger partial charge in [-0.05, 0) is 20.8 Å². The number of nitrogens with one attached hydrogen (secondary N) is 1. The number of rotatable bonds is 4. The first-order chi connectivity index (χ1) is 7.89. The summed E-state index contributed by atoms with van der Waals surface area (Å²) in [7, 11) is 0. The highest BCUT2D eigenvalue weighted by molar-refractivity contribution is 5.89. The molecule has 0 aromatic carbocycles. The summed E-state index contributed by atoms with van der Waals surface area (Å²) in [6.07, 6.45) is 0. The van der Waals surface area contributed by atoms with E-state index in [-0.39, 0.29) is 5.91 Å². The fourth-order valence-corrected chi connectivity index (χ4v) is 1.75. The van der Waals surface area contributed by atoms with E-state index in [2.05, 4.69) is 11.9 Å². The third kappa shape index (κ3) is 3.06. The monoisotopic (exact) mass is 240 g/mol. The van der Waals surface area contributed by atoms with E-state index < -0.39 is 11.5 Å². The molecule has 1 rings (SSSR count). The lowest BCUT2D eigenvalue weighted by molar-refractivity contribution is -0.140. The van der Waals surface area contributed by atoms with Gasteiger partial charge in [0.25, 0.3) is 0 Å². The van der Waals surface area contributed by atoms with E-state index in [1.165, 1.54) is 0 Å². The van der Waals surface area contributed by atoms with Gasteiger partial charge in [-0.15, -0.1) is 0 Å². The Hall–Kier alpha value is -1.36. The number of carbonyl (C=O) groups excluding carboxylic acids is 2. The van der Waals surface area contributed by atoms with E-state index in [9.17, 15) is 9.59 Å². The van der Waals surface area contributed by atoms with Crippen LogP contribution in [0, 0.1) is 0 Å². The number of esters is 1.